The largest absolute Gasteiger partial charge is 0.497 e. The van der Waals surface area contributed by atoms with E-state index < -0.39 is 50.1 Å². The first-order valence-electron chi connectivity index (χ1n) is 18.5. The lowest BCUT2D eigenvalue weighted by Crippen LogP contribution is -2.05. The average Bonchev–Trinajstić information content (AvgIpc) is 3.26. The van der Waals surface area contributed by atoms with Crippen molar-refractivity contribution in [1.29, 1.82) is 0 Å². The fourth-order valence-electron chi connectivity index (χ4n) is 4.74. The van der Waals surface area contributed by atoms with Crippen LogP contribution in [0.5, 0.6) is 5.75 Å². The summed E-state index contributed by atoms with van der Waals surface area (Å²) in [5, 5.41) is 43.1. The third kappa shape index (κ3) is 19.5. The molecule has 372 valence electrons. The Bertz CT molecular complexity index is 3100. The van der Waals surface area contributed by atoms with Crippen LogP contribution in [-0.2, 0) is 20.2 Å². The van der Waals surface area contributed by atoms with Crippen LogP contribution in [0.4, 0.5) is 34.1 Å². The van der Waals surface area contributed by atoms with Crippen molar-refractivity contribution in [2.75, 3.05) is 41.5 Å². The number of carboxylic acid groups (broad SMARTS) is 5. The summed E-state index contributed by atoms with van der Waals surface area (Å²) in [7, 11) is -7.04. The Morgan fingerprint density at radius 1 is 0.471 bits per heavy atom. The highest BCUT2D eigenvalue weighted by molar-refractivity contribution is 7.86. The van der Waals surface area contributed by atoms with Gasteiger partial charge in [0, 0.05) is 39.4 Å². The van der Waals surface area contributed by atoms with Crippen LogP contribution in [0.15, 0.2) is 131 Å². The molecular formula is C43H43ClN6O18S2. The summed E-state index contributed by atoms with van der Waals surface area (Å²) in [6.07, 6.45) is 0.613. The van der Waals surface area contributed by atoms with Gasteiger partial charge >= 0.3 is 29.8 Å². The Morgan fingerprint density at radius 2 is 0.886 bits per heavy atom. The first-order valence-corrected chi connectivity index (χ1v) is 21.8. The molecule has 70 heavy (non-hydrogen) atoms. The van der Waals surface area contributed by atoms with Crippen molar-refractivity contribution in [3.63, 3.8) is 0 Å². The molecule has 0 saturated carbocycles. The minimum absolute atomic E-state index is 0.0108. The maximum absolute atomic E-state index is 10.7. The van der Waals surface area contributed by atoms with E-state index in [1.807, 2.05) is 0 Å². The Balaban J connectivity index is 0.000000421. The second-order valence-electron chi connectivity index (χ2n) is 13.0. The van der Waals surface area contributed by atoms with Crippen LogP contribution in [0, 0.1) is 0 Å². The Labute approximate surface area is 402 Å². The number of nitrogens with two attached hydrogens (primary N) is 6. The van der Waals surface area contributed by atoms with E-state index in [0.29, 0.717) is 28.3 Å². The molecule has 0 spiro atoms. The first kappa shape index (κ1) is 59.1. The molecule has 0 aliphatic rings. The monoisotopic (exact) mass is 1030 g/mol. The van der Waals surface area contributed by atoms with Gasteiger partial charge in [0.05, 0.1) is 46.3 Å². The van der Waals surface area contributed by atoms with Crippen LogP contribution in [0.1, 0.15) is 62.1 Å². The summed E-state index contributed by atoms with van der Waals surface area (Å²) in [6, 6.07) is 27.9. The first-order chi connectivity index (χ1) is 32.5. The molecule has 0 aromatic heterocycles. The number of methoxy groups -OCH3 is 1. The van der Waals surface area contributed by atoms with Gasteiger partial charge in [0.25, 0.3) is 20.2 Å². The van der Waals surface area contributed by atoms with Crippen molar-refractivity contribution in [1.82, 2.24) is 0 Å². The van der Waals surface area contributed by atoms with E-state index >= 15 is 0 Å². The van der Waals surface area contributed by atoms with Crippen LogP contribution < -0.4 is 39.1 Å². The van der Waals surface area contributed by atoms with Gasteiger partial charge in [-0.25, -0.2) is 24.0 Å². The number of aldehydes is 1. The summed E-state index contributed by atoms with van der Waals surface area (Å²) in [4.78, 5) is 61.8. The third-order valence-corrected chi connectivity index (χ3v) is 10.2. The van der Waals surface area contributed by atoms with Crippen molar-refractivity contribution >= 4 is 102 Å². The second-order valence-corrected chi connectivity index (χ2v) is 16.2. The molecule has 0 amide bonds. The predicted octanol–water partition coefficient (Wildman–Crippen LogP) is 5.07. The van der Waals surface area contributed by atoms with Crippen molar-refractivity contribution in [3.05, 3.63) is 160 Å². The van der Waals surface area contributed by atoms with Gasteiger partial charge < -0.3 is 64.7 Å². The van der Waals surface area contributed by atoms with Crippen LogP contribution in [-0.4, -0.2) is 94.7 Å². The number of rotatable bonds is 9. The Morgan fingerprint density at radius 3 is 1.26 bits per heavy atom. The van der Waals surface area contributed by atoms with Crippen molar-refractivity contribution in [2.45, 2.75) is 9.79 Å². The number of aromatic carboxylic acids is 5. The third-order valence-electron chi connectivity index (χ3n) is 8.10. The lowest BCUT2D eigenvalue weighted by molar-refractivity contribution is 0.0682. The van der Waals surface area contributed by atoms with Crippen molar-refractivity contribution in [3.8, 4) is 5.75 Å². The molecule has 0 saturated heterocycles. The zero-order valence-electron chi connectivity index (χ0n) is 35.9. The molecule has 0 heterocycles. The molecule has 0 unspecified atom stereocenters. The predicted molar refractivity (Wildman–Crippen MR) is 257 cm³/mol. The molecule has 0 aliphatic carbocycles. The summed E-state index contributed by atoms with van der Waals surface area (Å²) >= 11 is 5.55. The van der Waals surface area contributed by atoms with E-state index in [1.165, 1.54) is 92.0 Å². The molecule has 0 fully saturated rings. The van der Waals surface area contributed by atoms with Crippen LogP contribution in [0.25, 0.3) is 0 Å². The molecular weight excluding hydrogens is 988 g/mol. The molecule has 0 atom stereocenters. The number of ether oxygens (including phenoxy) is 1. The number of carbonyl (C=O) groups excluding carboxylic acids is 1. The minimum atomic E-state index is -4.27. The van der Waals surface area contributed by atoms with Gasteiger partial charge in [-0.05, 0) is 84.9 Å². The van der Waals surface area contributed by atoms with Crippen LogP contribution >= 0.6 is 11.6 Å². The van der Waals surface area contributed by atoms with Gasteiger partial charge in [0.1, 0.15) is 21.8 Å². The zero-order valence-corrected chi connectivity index (χ0v) is 38.3. The fourth-order valence-corrected chi connectivity index (χ4v) is 6.17. The normalized spacial score (nSPS) is 10.1. The van der Waals surface area contributed by atoms with Gasteiger partial charge in [-0.2, -0.15) is 16.8 Å². The van der Waals surface area contributed by atoms with E-state index in [1.54, 1.807) is 24.3 Å². The smallest absolute Gasteiger partial charge is 0.337 e. The van der Waals surface area contributed by atoms with E-state index in [4.69, 9.17) is 85.4 Å². The standard InChI is InChI=1S/C8H7NO4.C8H7NO3.C7H6ClNO2.C7H9NO4S.C7H7NO2.C6H7NO3S/c9-6-3-4(7(10)11)1-2-5(6)8(12)13;9-7-3-5(4-10)1-2-6(7)8(11)12;8-4-1-2-5(7(10)11)6(9)3-4;1-12-5-2-3-6(8)7(4-5)13(9,10)11;8-6-4-2-1-3-5(6)7(9)10;7-5-3-1-2-4-6(5)11(8,9)10/h1-3H,9H2,(H,10,11)(H,12,13);1-4H,9H2,(H,11,12);1-3H,9H2,(H,10,11);2-4H,8H2,1H3,(H,9,10,11);1-4H,8H2,(H,9,10);1-4H,7H2,(H,8,9,10). The van der Waals surface area contributed by atoms with Gasteiger partial charge in [0.2, 0.25) is 0 Å². The van der Waals surface area contributed by atoms with E-state index in [2.05, 4.69) is 0 Å². The van der Waals surface area contributed by atoms with Gasteiger partial charge in [0.15, 0.2) is 0 Å². The van der Waals surface area contributed by atoms with Crippen molar-refractivity contribution in [2.24, 2.45) is 0 Å². The maximum atomic E-state index is 10.7. The van der Waals surface area contributed by atoms with Crippen LogP contribution in [0.3, 0.4) is 0 Å². The minimum Gasteiger partial charge on any atom is -0.497 e. The van der Waals surface area contributed by atoms with Crippen LogP contribution in [0.2, 0.25) is 5.02 Å². The maximum Gasteiger partial charge on any atom is 0.337 e. The summed E-state index contributed by atoms with van der Waals surface area (Å²) < 4.78 is 64.6. The molecule has 24 nitrogen and oxygen atoms in total. The number of halogens is 1. The summed E-state index contributed by atoms with van der Waals surface area (Å²) in [5.41, 5.74) is 33.1. The number of carbonyl (C=O) groups is 6. The summed E-state index contributed by atoms with van der Waals surface area (Å²) in [5.74, 6) is -5.11. The van der Waals surface area contributed by atoms with Gasteiger partial charge in [-0.1, -0.05) is 41.9 Å². The van der Waals surface area contributed by atoms with E-state index in [0.717, 1.165) is 12.1 Å². The highest BCUT2D eigenvalue weighted by Gasteiger charge is 2.15. The number of anilines is 6. The Kier molecular flexibility index (Phi) is 22.8. The molecule has 0 radical (unpaired) electrons. The average molecular weight is 1030 g/mol. The number of hydrogen-bond acceptors (Lipinski definition) is 17. The summed E-state index contributed by atoms with van der Waals surface area (Å²) in [6.45, 7) is 0. The highest BCUT2D eigenvalue weighted by atomic mass is 35.5. The second kappa shape index (κ2) is 27.0. The highest BCUT2D eigenvalue weighted by Crippen LogP contribution is 2.24. The number of para-hydroxylation sites is 2. The molecule has 0 aliphatic heterocycles. The number of carboxylic acids is 5. The molecule has 27 heteroatoms. The van der Waals surface area contributed by atoms with Gasteiger partial charge in [-0.3, -0.25) is 13.9 Å². The fraction of sp³-hybridized carbons (Fsp3) is 0.0233. The molecule has 6 aromatic carbocycles. The quantitative estimate of drug-likeness (QED) is 0.0510. The Hall–Kier alpha value is -8.95. The number of hydrogen-bond donors (Lipinski definition) is 13. The molecule has 6 rings (SSSR count). The van der Waals surface area contributed by atoms with Gasteiger partial charge in [-0.15, -0.1) is 0 Å². The topological polar surface area (TPSA) is 478 Å². The lowest BCUT2D eigenvalue weighted by atomic mass is 10.1. The zero-order chi connectivity index (χ0) is 53.7. The number of benzene rings is 6. The molecule has 0 bridgehead atoms. The van der Waals surface area contributed by atoms with E-state index in [9.17, 15) is 45.6 Å². The lowest BCUT2D eigenvalue weighted by Gasteiger charge is -2.04. The SMILES string of the molecule is COc1ccc(N)c(S(=O)(=O)O)c1.Nc1cc(C(=O)O)ccc1C(=O)O.Nc1cc(C=O)ccc1C(=O)O.Nc1cc(Cl)ccc1C(=O)O.Nc1ccccc1C(=O)O.Nc1ccccc1S(=O)(=O)O. The van der Waals surface area contributed by atoms with Crippen molar-refractivity contribution < 1.29 is 85.0 Å². The number of nitrogen functional groups attached to an aromatic ring is 6. The van der Waals surface area contributed by atoms with E-state index in [-0.39, 0.29) is 66.0 Å². The molecule has 19 N–H and O–H groups in total. The molecule has 6 aromatic rings.